The fourth-order valence-corrected chi connectivity index (χ4v) is 3.91. The summed E-state index contributed by atoms with van der Waals surface area (Å²) >= 11 is 0. The highest BCUT2D eigenvalue weighted by molar-refractivity contribution is 6.09. The Kier molecular flexibility index (Phi) is 6.13. The van der Waals surface area contributed by atoms with Crippen LogP contribution < -0.4 is 9.64 Å². The van der Waals surface area contributed by atoms with E-state index in [1.807, 2.05) is 0 Å². The van der Waals surface area contributed by atoms with Crippen LogP contribution in [0, 0.1) is 5.92 Å². The molecule has 7 nitrogen and oxygen atoms in total. The van der Waals surface area contributed by atoms with Crippen LogP contribution in [0.15, 0.2) is 18.2 Å². The number of nitrogens with zero attached hydrogens (tertiary/aromatic N) is 1. The van der Waals surface area contributed by atoms with E-state index >= 15 is 0 Å². The summed E-state index contributed by atoms with van der Waals surface area (Å²) in [6, 6.07) is 5.06. The third-order valence-corrected chi connectivity index (χ3v) is 4.92. The molecule has 0 saturated heterocycles. The predicted molar refractivity (Wildman–Crippen MR) is 99.7 cm³/mol. The van der Waals surface area contributed by atoms with E-state index in [9.17, 15) is 14.4 Å². The van der Waals surface area contributed by atoms with Crippen molar-refractivity contribution in [2.45, 2.75) is 46.1 Å². The maximum Gasteiger partial charge on any atom is 0.333 e. The molecular weight excluding hydrogens is 350 g/mol. The summed E-state index contributed by atoms with van der Waals surface area (Å²) in [5.74, 6) is -2.44. The van der Waals surface area contributed by atoms with Gasteiger partial charge >= 0.3 is 11.9 Å². The van der Waals surface area contributed by atoms with E-state index in [4.69, 9.17) is 14.2 Å². The summed E-state index contributed by atoms with van der Waals surface area (Å²) in [7, 11) is 1.51. The van der Waals surface area contributed by atoms with E-state index in [0.717, 1.165) is 0 Å². The molecule has 2 unspecified atom stereocenters. The number of ether oxygens (including phenoxy) is 3. The van der Waals surface area contributed by atoms with Gasteiger partial charge in [0, 0.05) is 12.6 Å². The number of amides is 1. The van der Waals surface area contributed by atoms with Crippen molar-refractivity contribution >= 4 is 23.5 Å². The average Bonchev–Trinajstić information content (AvgIpc) is 2.93. The van der Waals surface area contributed by atoms with Crippen LogP contribution >= 0.6 is 0 Å². The summed E-state index contributed by atoms with van der Waals surface area (Å²) in [5.41, 5.74) is -0.518. The first-order valence-electron chi connectivity index (χ1n) is 9.09. The average molecular weight is 377 g/mol. The van der Waals surface area contributed by atoms with Crippen LogP contribution in [0.1, 0.15) is 46.1 Å². The molecule has 7 heteroatoms. The lowest BCUT2D eigenvalue weighted by Gasteiger charge is -2.41. The van der Waals surface area contributed by atoms with E-state index in [0.29, 0.717) is 17.0 Å². The van der Waals surface area contributed by atoms with Crippen molar-refractivity contribution < 1.29 is 28.6 Å². The lowest BCUT2D eigenvalue weighted by molar-refractivity contribution is -0.161. The molecule has 1 aromatic carbocycles. The van der Waals surface area contributed by atoms with Crippen LogP contribution in [0.2, 0.25) is 0 Å². The fraction of sp³-hybridized carbons (Fsp3) is 0.550. The zero-order valence-corrected chi connectivity index (χ0v) is 16.7. The number of carbonyl (C=O) groups excluding carboxylic acids is 3. The van der Waals surface area contributed by atoms with Crippen LogP contribution in [-0.4, -0.2) is 43.7 Å². The summed E-state index contributed by atoms with van der Waals surface area (Å²) in [6.45, 7) is 8.64. The van der Waals surface area contributed by atoms with Gasteiger partial charge in [-0.15, -0.1) is 0 Å². The first-order chi connectivity index (χ1) is 12.8. The molecule has 0 spiro atoms. The quantitative estimate of drug-likeness (QED) is 0.709. The van der Waals surface area contributed by atoms with E-state index in [2.05, 4.69) is 0 Å². The van der Waals surface area contributed by atoms with Gasteiger partial charge in [-0.25, -0.2) is 4.79 Å². The molecule has 1 aliphatic heterocycles. The first-order valence-corrected chi connectivity index (χ1v) is 9.09. The largest absolute Gasteiger partial charge is 0.497 e. The predicted octanol–water partition coefficient (Wildman–Crippen LogP) is 2.67. The Labute approximate surface area is 159 Å². The van der Waals surface area contributed by atoms with Crippen LogP contribution in [0.25, 0.3) is 0 Å². The number of fused-ring (bicyclic) bond motifs is 1. The second-order valence-corrected chi connectivity index (χ2v) is 6.66. The number of anilines is 1. The van der Waals surface area contributed by atoms with Gasteiger partial charge in [0.1, 0.15) is 11.7 Å². The molecule has 2 rings (SSSR count). The van der Waals surface area contributed by atoms with Crippen LogP contribution in [0.5, 0.6) is 5.75 Å². The highest BCUT2D eigenvalue weighted by Gasteiger charge is 2.64. The molecule has 0 aromatic heterocycles. The molecule has 0 fully saturated rings. The Balaban J connectivity index is 2.85. The van der Waals surface area contributed by atoms with Crippen molar-refractivity contribution in [2.75, 3.05) is 25.2 Å². The van der Waals surface area contributed by atoms with E-state index < -0.39 is 29.3 Å². The zero-order chi connectivity index (χ0) is 20.4. The summed E-state index contributed by atoms with van der Waals surface area (Å²) in [6.07, 6.45) is 0. The number of esters is 2. The van der Waals surface area contributed by atoms with Gasteiger partial charge in [0.2, 0.25) is 5.91 Å². The van der Waals surface area contributed by atoms with Crippen molar-refractivity contribution in [3.05, 3.63) is 23.8 Å². The Hall–Kier alpha value is -2.57. The summed E-state index contributed by atoms with van der Waals surface area (Å²) in [4.78, 5) is 40.2. The molecule has 1 heterocycles. The monoisotopic (exact) mass is 377 g/mol. The van der Waals surface area contributed by atoms with E-state index in [1.54, 1.807) is 45.9 Å². The molecule has 27 heavy (non-hydrogen) atoms. The van der Waals surface area contributed by atoms with Gasteiger partial charge in [-0.2, -0.15) is 0 Å². The Morgan fingerprint density at radius 3 is 2.26 bits per heavy atom. The standard InChI is InChI=1S/C20H27NO6/c1-7-26-18(23)17-15-11-14(25-6)9-10-16(15)21(13(5)22)20(17,12(3)4)19(24)27-8-2/h9-12,17H,7-8H2,1-6H3. The molecular formula is C20H27NO6. The summed E-state index contributed by atoms with van der Waals surface area (Å²) in [5, 5.41) is 0. The van der Waals surface area contributed by atoms with E-state index in [-0.39, 0.29) is 19.1 Å². The molecule has 2 atom stereocenters. The SMILES string of the molecule is CCOC(=O)C1c2cc(OC)ccc2N(C(C)=O)C1(C(=O)OCC)C(C)C. The minimum Gasteiger partial charge on any atom is -0.497 e. The van der Waals surface area contributed by atoms with Crippen molar-refractivity contribution in [2.24, 2.45) is 5.92 Å². The maximum absolute atomic E-state index is 13.2. The van der Waals surface area contributed by atoms with Gasteiger partial charge in [0.15, 0.2) is 5.54 Å². The smallest absolute Gasteiger partial charge is 0.333 e. The number of hydrogen-bond donors (Lipinski definition) is 0. The van der Waals surface area contributed by atoms with Gasteiger partial charge in [-0.1, -0.05) is 13.8 Å². The molecule has 0 N–H and O–H groups in total. The Morgan fingerprint density at radius 1 is 1.15 bits per heavy atom. The lowest BCUT2D eigenvalue weighted by atomic mass is 9.74. The van der Waals surface area contributed by atoms with Crippen molar-refractivity contribution in [1.82, 2.24) is 0 Å². The number of rotatable bonds is 6. The molecule has 0 saturated carbocycles. The minimum atomic E-state index is -1.53. The van der Waals surface area contributed by atoms with Gasteiger partial charge in [0.05, 0.1) is 20.3 Å². The molecule has 1 aromatic rings. The lowest BCUT2D eigenvalue weighted by Crippen LogP contribution is -2.62. The van der Waals surface area contributed by atoms with Gasteiger partial charge in [0.25, 0.3) is 0 Å². The van der Waals surface area contributed by atoms with Gasteiger partial charge in [-0.3, -0.25) is 14.5 Å². The number of carbonyl (C=O) groups is 3. The van der Waals surface area contributed by atoms with Crippen molar-refractivity contribution in [1.29, 1.82) is 0 Å². The third-order valence-electron chi connectivity index (χ3n) is 4.92. The summed E-state index contributed by atoms with van der Waals surface area (Å²) < 4.78 is 15.9. The van der Waals surface area contributed by atoms with Crippen molar-refractivity contribution in [3.8, 4) is 5.75 Å². The highest BCUT2D eigenvalue weighted by Crippen LogP contribution is 2.53. The van der Waals surface area contributed by atoms with Gasteiger partial charge in [-0.05, 0) is 43.5 Å². The van der Waals surface area contributed by atoms with Crippen LogP contribution in [0.4, 0.5) is 5.69 Å². The highest BCUT2D eigenvalue weighted by atomic mass is 16.5. The Bertz CT molecular complexity index is 744. The molecule has 0 bridgehead atoms. The van der Waals surface area contributed by atoms with Gasteiger partial charge < -0.3 is 14.2 Å². The molecule has 0 radical (unpaired) electrons. The Morgan fingerprint density at radius 2 is 1.78 bits per heavy atom. The normalized spacial score (nSPS) is 21.0. The van der Waals surface area contributed by atoms with E-state index in [1.165, 1.54) is 18.9 Å². The molecule has 0 aliphatic carbocycles. The van der Waals surface area contributed by atoms with Crippen molar-refractivity contribution in [3.63, 3.8) is 0 Å². The maximum atomic E-state index is 13.2. The first kappa shape index (κ1) is 20.7. The number of methoxy groups -OCH3 is 1. The topological polar surface area (TPSA) is 82.1 Å². The third kappa shape index (κ3) is 3.15. The second kappa shape index (κ2) is 7.98. The molecule has 1 amide bonds. The zero-order valence-electron chi connectivity index (χ0n) is 16.7. The van der Waals surface area contributed by atoms with Crippen LogP contribution in [-0.2, 0) is 23.9 Å². The number of hydrogen-bond acceptors (Lipinski definition) is 6. The second-order valence-electron chi connectivity index (χ2n) is 6.66. The number of benzene rings is 1. The molecule has 148 valence electrons. The fourth-order valence-electron chi connectivity index (χ4n) is 3.91. The minimum absolute atomic E-state index is 0.133. The molecule has 1 aliphatic rings. The van der Waals surface area contributed by atoms with Crippen LogP contribution in [0.3, 0.4) is 0 Å².